The van der Waals surface area contributed by atoms with Gasteiger partial charge in [-0.25, -0.2) is 9.59 Å². The topological polar surface area (TPSA) is 178 Å². The molecular formula is C48H44O15. The van der Waals surface area contributed by atoms with Gasteiger partial charge in [0.25, 0.3) is 0 Å². The van der Waals surface area contributed by atoms with Crippen LogP contribution >= 0.6 is 0 Å². The molecule has 0 radical (unpaired) electrons. The summed E-state index contributed by atoms with van der Waals surface area (Å²) in [7, 11) is 8.50. The lowest BCUT2D eigenvalue weighted by molar-refractivity contribution is -0.131. The van der Waals surface area contributed by atoms with Crippen LogP contribution in [0.4, 0.5) is 4.79 Å². The van der Waals surface area contributed by atoms with Crippen molar-refractivity contribution in [2.75, 3.05) is 42.7 Å². The van der Waals surface area contributed by atoms with Gasteiger partial charge in [0.2, 0.25) is 10.9 Å². The number of benzene rings is 7. The first-order valence-corrected chi connectivity index (χ1v) is 19.7. The molecule has 0 aliphatic carbocycles. The first kappa shape index (κ1) is 43.5. The van der Waals surface area contributed by atoms with E-state index in [1.54, 1.807) is 56.3 Å². The maximum absolute atomic E-state index is 14.9. The zero-order valence-corrected chi connectivity index (χ0v) is 36.0. The third-order valence-electron chi connectivity index (χ3n) is 10.7. The van der Waals surface area contributed by atoms with Crippen molar-refractivity contribution < 1.29 is 61.8 Å². The van der Waals surface area contributed by atoms with E-state index in [2.05, 4.69) is 0 Å². The standard InChI is InChI=1S/C48H44O15/c1-23(60-47(52)26-13-11-10-12-14-26)19-29-35-36-30(20-24(2)61-48(53)63-28-17-15-27(16-18-28)62-25(3)49)46(59-9)44(51)40-34(57-7)22-32(55-5)38(42(36)40)37-31(54-4)21-33(56-6)39(41(35)37)43(50)45(29)58-8/h10-18,21-24H,19-20H2,1-9H3/t23-,24-/m1/s1. The smallest absolute Gasteiger partial charge is 0.496 e. The summed E-state index contributed by atoms with van der Waals surface area (Å²) in [5, 5.41) is 2.65. The van der Waals surface area contributed by atoms with Crippen LogP contribution in [0.15, 0.2) is 76.3 Å². The van der Waals surface area contributed by atoms with Crippen LogP contribution in [0, 0.1) is 0 Å². The van der Waals surface area contributed by atoms with Crippen LogP contribution < -0.4 is 48.8 Å². The van der Waals surface area contributed by atoms with Gasteiger partial charge in [-0.1, -0.05) is 18.2 Å². The average molecular weight is 861 g/mol. The highest BCUT2D eigenvalue weighted by molar-refractivity contribution is 6.38. The monoisotopic (exact) mass is 860 g/mol. The van der Waals surface area contributed by atoms with Crippen molar-refractivity contribution in [2.45, 2.75) is 45.8 Å². The maximum Gasteiger partial charge on any atom is 0.514 e. The van der Waals surface area contributed by atoms with Gasteiger partial charge in [0.1, 0.15) is 46.7 Å². The van der Waals surface area contributed by atoms with Gasteiger partial charge in [-0.15, -0.1) is 0 Å². The van der Waals surface area contributed by atoms with Gasteiger partial charge in [0, 0.05) is 64.6 Å². The second kappa shape index (κ2) is 17.8. The van der Waals surface area contributed by atoms with E-state index in [1.807, 2.05) is 0 Å². The number of ether oxygens (including phenoxy) is 10. The molecule has 7 aromatic carbocycles. The Morgan fingerprint density at radius 1 is 0.492 bits per heavy atom. The molecule has 2 atom stereocenters. The van der Waals surface area contributed by atoms with Crippen molar-refractivity contribution >= 4 is 61.2 Å². The molecule has 0 bridgehead atoms. The summed E-state index contributed by atoms with van der Waals surface area (Å²) in [6, 6.07) is 17.4. The van der Waals surface area contributed by atoms with Crippen molar-refractivity contribution in [3.63, 3.8) is 0 Å². The highest BCUT2D eigenvalue weighted by atomic mass is 16.7. The number of hydrogen-bond donors (Lipinski definition) is 0. The summed E-state index contributed by atoms with van der Waals surface area (Å²) in [5.41, 5.74) is -0.101. The predicted molar refractivity (Wildman–Crippen MR) is 234 cm³/mol. The molecule has 0 spiro atoms. The van der Waals surface area contributed by atoms with Gasteiger partial charge < -0.3 is 47.4 Å². The maximum atomic E-state index is 14.9. The molecule has 7 aromatic rings. The lowest BCUT2D eigenvalue weighted by atomic mass is 9.81. The summed E-state index contributed by atoms with van der Waals surface area (Å²) in [5.74, 6) is 0.0372. The number of rotatable bonds is 15. The SMILES string of the molecule is COc1c(C[C@@H](C)OC(=O)Oc2ccc(OC(C)=O)cc2)c2c3c(C[C@@H](C)OC(=O)c4ccccc4)c(OC)c(=O)c4c(OC)cc(OC)c(c5c(OC)cc(OC)c(c1=O)c52)c43. The van der Waals surface area contributed by atoms with Gasteiger partial charge in [-0.3, -0.25) is 14.4 Å². The van der Waals surface area contributed by atoms with Crippen molar-refractivity contribution in [2.24, 2.45) is 0 Å². The van der Waals surface area contributed by atoms with E-state index in [9.17, 15) is 24.0 Å². The fraction of sp³-hybridized carbons (Fsp3) is 0.271. The van der Waals surface area contributed by atoms with Crippen LogP contribution in [0.5, 0.6) is 46.0 Å². The average Bonchev–Trinajstić information content (AvgIpc) is 3.26. The molecular weight excluding hydrogens is 817 g/mol. The highest BCUT2D eigenvalue weighted by Crippen LogP contribution is 2.54. The van der Waals surface area contributed by atoms with E-state index in [4.69, 9.17) is 47.4 Å². The fourth-order valence-corrected chi connectivity index (χ4v) is 8.27. The summed E-state index contributed by atoms with van der Waals surface area (Å²) < 4.78 is 57.9. The lowest BCUT2D eigenvalue weighted by Gasteiger charge is -2.26. The van der Waals surface area contributed by atoms with Crippen molar-refractivity contribution in [1.82, 2.24) is 0 Å². The summed E-state index contributed by atoms with van der Waals surface area (Å²) in [6.07, 6.45) is -3.04. The molecule has 0 aromatic heterocycles. The summed E-state index contributed by atoms with van der Waals surface area (Å²) in [6.45, 7) is 4.58. The first-order chi connectivity index (χ1) is 30.3. The zero-order chi connectivity index (χ0) is 45.3. The molecule has 0 unspecified atom stereocenters. The Bertz CT molecular complexity index is 3000. The summed E-state index contributed by atoms with van der Waals surface area (Å²) >= 11 is 0. The molecule has 0 heterocycles. The number of methoxy groups -OCH3 is 6. The molecule has 15 nitrogen and oxygen atoms in total. The van der Waals surface area contributed by atoms with Crippen LogP contribution in [0.2, 0.25) is 0 Å². The van der Waals surface area contributed by atoms with Crippen molar-refractivity contribution in [3.05, 3.63) is 104 Å². The predicted octanol–water partition coefficient (Wildman–Crippen LogP) is 7.81. The minimum absolute atomic E-state index is 0.0470. The molecule has 0 fully saturated rings. The summed E-state index contributed by atoms with van der Waals surface area (Å²) in [4.78, 5) is 67.7. The van der Waals surface area contributed by atoms with E-state index in [0.29, 0.717) is 54.8 Å². The van der Waals surface area contributed by atoms with E-state index in [-0.39, 0.29) is 63.9 Å². The molecule has 15 heteroatoms. The minimum atomic E-state index is -1.06. The number of hydrogen-bond acceptors (Lipinski definition) is 15. The molecule has 326 valence electrons. The molecule has 0 aliphatic rings. The van der Waals surface area contributed by atoms with E-state index in [1.165, 1.54) is 73.8 Å². The Kier molecular flexibility index (Phi) is 12.3. The van der Waals surface area contributed by atoms with Crippen molar-refractivity contribution in [3.8, 4) is 46.0 Å². The van der Waals surface area contributed by atoms with Crippen LogP contribution in [-0.4, -0.2) is 73.0 Å². The first-order valence-electron chi connectivity index (χ1n) is 19.7. The molecule has 7 rings (SSSR count). The molecule has 63 heavy (non-hydrogen) atoms. The van der Waals surface area contributed by atoms with Gasteiger partial charge >= 0.3 is 18.1 Å². The number of esters is 2. The number of fused-ring (bicyclic) bond motifs is 2. The minimum Gasteiger partial charge on any atom is -0.496 e. The van der Waals surface area contributed by atoms with Gasteiger partial charge in [-0.2, -0.15) is 0 Å². The highest BCUT2D eigenvalue weighted by Gasteiger charge is 2.34. The van der Waals surface area contributed by atoms with Crippen molar-refractivity contribution in [1.29, 1.82) is 0 Å². The Balaban J connectivity index is 1.55. The Hall–Kier alpha value is -7.55. The van der Waals surface area contributed by atoms with Gasteiger partial charge in [-0.05, 0) is 61.0 Å². The molecule has 0 aliphatic heterocycles. The molecule has 0 saturated heterocycles. The second-order valence-electron chi connectivity index (χ2n) is 14.6. The van der Waals surface area contributed by atoms with Crippen LogP contribution in [-0.2, 0) is 27.1 Å². The third kappa shape index (κ3) is 7.81. The van der Waals surface area contributed by atoms with E-state index < -0.39 is 41.2 Å². The fourth-order valence-electron chi connectivity index (χ4n) is 8.27. The molecule has 0 N–H and O–H groups in total. The Labute approximate surface area is 360 Å². The van der Waals surface area contributed by atoms with Gasteiger partial charge in [0.05, 0.1) is 59.0 Å². The van der Waals surface area contributed by atoms with Gasteiger partial charge in [0.15, 0.2) is 11.5 Å². The molecule has 0 saturated carbocycles. The molecule has 0 amide bonds. The number of carbonyl (C=O) groups is 3. The van der Waals surface area contributed by atoms with Crippen LogP contribution in [0.25, 0.3) is 43.1 Å². The van der Waals surface area contributed by atoms with E-state index in [0.717, 1.165) is 0 Å². The lowest BCUT2D eigenvalue weighted by Crippen LogP contribution is -2.23. The Morgan fingerprint density at radius 3 is 1.32 bits per heavy atom. The normalized spacial score (nSPS) is 12.2. The largest absolute Gasteiger partial charge is 0.514 e. The Morgan fingerprint density at radius 2 is 0.905 bits per heavy atom. The third-order valence-corrected chi connectivity index (χ3v) is 10.7. The van der Waals surface area contributed by atoms with E-state index >= 15 is 0 Å². The van der Waals surface area contributed by atoms with Crippen LogP contribution in [0.3, 0.4) is 0 Å². The van der Waals surface area contributed by atoms with Crippen LogP contribution in [0.1, 0.15) is 42.3 Å². The number of carbonyl (C=O) groups excluding carboxylic acids is 3. The quantitative estimate of drug-likeness (QED) is 0.0320. The zero-order valence-electron chi connectivity index (χ0n) is 36.0. The second-order valence-corrected chi connectivity index (χ2v) is 14.6.